The highest BCUT2D eigenvalue weighted by molar-refractivity contribution is 7.80. The highest BCUT2D eigenvalue weighted by atomic mass is 35.5. The molecule has 160 valence electrons. The van der Waals surface area contributed by atoms with Crippen LogP contribution in [0.5, 0.6) is 0 Å². The van der Waals surface area contributed by atoms with E-state index < -0.39 is 0 Å². The highest BCUT2D eigenvalue weighted by Gasteiger charge is 2.10. The van der Waals surface area contributed by atoms with Gasteiger partial charge in [0, 0.05) is 22.3 Å². The molecule has 0 unspecified atom stereocenters. The molecule has 1 amide bonds. The smallest absolute Gasteiger partial charge is 0.250 e. The lowest BCUT2D eigenvalue weighted by molar-refractivity contribution is -0.115. The van der Waals surface area contributed by atoms with E-state index in [9.17, 15) is 4.79 Å². The van der Waals surface area contributed by atoms with E-state index in [-0.39, 0.29) is 11.0 Å². The van der Waals surface area contributed by atoms with Crippen molar-refractivity contribution in [3.63, 3.8) is 0 Å². The van der Waals surface area contributed by atoms with Crippen molar-refractivity contribution >= 4 is 46.6 Å². The van der Waals surface area contributed by atoms with Crippen LogP contribution in [-0.2, 0) is 4.79 Å². The summed E-state index contributed by atoms with van der Waals surface area (Å²) in [6.45, 7) is 6.25. The summed E-state index contributed by atoms with van der Waals surface area (Å²) >= 11 is 11.5. The third-order valence-electron chi connectivity index (χ3n) is 5.07. The second-order valence-electron chi connectivity index (χ2n) is 7.34. The summed E-state index contributed by atoms with van der Waals surface area (Å²) in [5.41, 5.74) is 3.95. The lowest BCUT2D eigenvalue weighted by atomic mass is 9.97. The van der Waals surface area contributed by atoms with Crippen LogP contribution in [0.25, 0.3) is 17.4 Å². The van der Waals surface area contributed by atoms with Crippen LogP contribution in [0.1, 0.15) is 43.1 Å². The zero-order valence-corrected chi connectivity index (χ0v) is 19.3. The van der Waals surface area contributed by atoms with Crippen LogP contribution in [0.3, 0.4) is 0 Å². The fourth-order valence-corrected chi connectivity index (χ4v) is 3.46. The molecule has 0 saturated carbocycles. The van der Waals surface area contributed by atoms with Gasteiger partial charge in [0.15, 0.2) is 5.11 Å². The Morgan fingerprint density at radius 1 is 1.19 bits per heavy atom. The third kappa shape index (κ3) is 6.06. The number of carbonyl (C=O) groups excluding carboxylic acids is 1. The number of nitrogens with one attached hydrogen (secondary N) is 2. The predicted molar refractivity (Wildman–Crippen MR) is 132 cm³/mol. The standard InChI is InChI=1S/C25H25ClN2O2S/c1-4-16(2)20-7-5-6-8-22(20)27-25(31)28-24(29)14-12-19-11-13-23(30-19)18-10-9-17(3)21(26)15-18/h5-16H,4H2,1-3H3,(H2,27,28,29,31)/b14-12+/t16-/m0/s1. The Balaban J connectivity index is 1.60. The Bertz CT molecular complexity index is 1120. The molecule has 1 heterocycles. The normalized spacial score (nSPS) is 12.0. The van der Waals surface area contributed by atoms with Crippen molar-refractivity contribution in [1.29, 1.82) is 0 Å². The Labute approximate surface area is 193 Å². The van der Waals surface area contributed by atoms with E-state index in [2.05, 4.69) is 30.5 Å². The number of hydrogen-bond donors (Lipinski definition) is 2. The van der Waals surface area contributed by atoms with Gasteiger partial charge >= 0.3 is 0 Å². The fraction of sp³-hybridized carbons (Fsp3) is 0.200. The molecule has 1 atom stereocenters. The predicted octanol–water partition coefficient (Wildman–Crippen LogP) is 6.95. The quantitative estimate of drug-likeness (QED) is 0.314. The summed E-state index contributed by atoms with van der Waals surface area (Å²) in [4.78, 5) is 12.3. The van der Waals surface area contributed by atoms with Crippen molar-refractivity contribution < 1.29 is 9.21 Å². The molecule has 2 N–H and O–H groups in total. The van der Waals surface area contributed by atoms with Gasteiger partial charge in [-0.3, -0.25) is 10.1 Å². The number of furan rings is 1. The van der Waals surface area contributed by atoms with Gasteiger partial charge in [-0.15, -0.1) is 0 Å². The number of anilines is 1. The molecule has 3 aromatic rings. The Kier molecular flexibility index (Phi) is 7.66. The molecule has 0 fully saturated rings. The molecule has 4 nitrogen and oxygen atoms in total. The average Bonchev–Trinajstić information content (AvgIpc) is 3.23. The molecule has 3 rings (SSSR count). The van der Waals surface area contributed by atoms with Crippen LogP contribution in [0.4, 0.5) is 5.69 Å². The van der Waals surface area contributed by atoms with Crippen molar-refractivity contribution in [2.24, 2.45) is 0 Å². The van der Waals surface area contributed by atoms with Gasteiger partial charge in [-0.2, -0.15) is 0 Å². The number of halogens is 1. The maximum absolute atomic E-state index is 12.3. The van der Waals surface area contributed by atoms with Crippen molar-refractivity contribution in [3.8, 4) is 11.3 Å². The van der Waals surface area contributed by atoms with Crippen molar-refractivity contribution in [1.82, 2.24) is 5.32 Å². The molecule has 31 heavy (non-hydrogen) atoms. The summed E-state index contributed by atoms with van der Waals surface area (Å²) in [5, 5.41) is 6.72. The third-order valence-corrected chi connectivity index (χ3v) is 5.68. The first-order valence-electron chi connectivity index (χ1n) is 10.1. The maximum Gasteiger partial charge on any atom is 0.250 e. The molecular formula is C25H25ClN2O2S. The van der Waals surface area contributed by atoms with Crippen LogP contribution in [0, 0.1) is 6.92 Å². The molecule has 0 aliphatic carbocycles. The largest absolute Gasteiger partial charge is 0.457 e. The van der Waals surface area contributed by atoms with E-state index in [1.165, 1.54) is 6.08 Å². The van der Waals surface area contributed by atoms with Gasteiger partial charge in [-0.1, -0.05) is 55.8 Å². The Morgan fingerprint density at radius 2 is 1.97 bits per heavy atom. The van der Waals surface area contributed by atoms with E-state index in [4.69, 9.17) is 28.2 Å². The van der Waals surface area contributed by atoms with Gasteiger partial charge in [0.25, 0.3) is 0 Å². The van der Waals surface area contributed by atoms with E-state index in [1.807, 2.05) is 49.4 Å². The van der Waals surface area contributed by atoms with Gasteiger partial charge < -0.3 is 9.73 Å². The van der Waals surface area contributed by atoms with Crippen LogP contribution < -0.4 is 10.6 Å². The first kappa shape index (κ1) is 22.8. The number of carbonyl (C=O) groups is 1. The molecule has 0 spiro atoms. The fourth-order valence-electron chi connectivity index (χ4n) is 3.07. The van der Waals surface area contributed by atoms with Gasteiger partial charge in [0.05, 0.1) is 0 Å². The molecule has 2 aromatic carbocycles. The first-order valence-corrected chi connectivity index (χ1v) is 10.9. The first-order chi connectivity index (χ1) is 14.9. The minimum absolute atomic E-state index is 0.250. The average molecular weight is 453 g/mol. The van der Waals surface area contributed by atoms with Gasteiger partial charge in [-0.05, 0) is 72.9 Å². The summed E-state index contributed by atoms with van der Waals surface area (Å²) in [5.74, 6) is 1.29. The molecule has 6 heteroatoms. The zero-order valence-electron chi connectivity index (χ0n) is 17.7. The number of para-hydroxylation sites is 1. The van der Waals surface area contributed by atoms with E-state index in [0.717, 1.165) is 28.8 Å². The van der Waals surface area contributed by atoms with Crippen LogP contribution >= 0.6 is 23.8 Å². The minimum atomic E-state index is -0.338. The van der Waals surface area contributed by atoms with E-state index in [1.54, 1.807) is 12.1 Å². The van der Waals surface area contributed by atoms with Crippen molar-refractivity contribution in [2.75, 3.05) is 5.32 Å². The molecule has 1 aromatic heterocycles. The van der Waals surface area contributed by atoms with Crippen LogP contribution in [0.15, 0.2) is 65.1 Å². The second-order valence-corrected chi connectivity index (χ2v) is 8.15. The Morgan fingerprint density at radius 3 is 2.71 bits per heavy atom. The van der Waals surface area contributed by atoms with Crippen LogP contribution in [0.2, 0.25) is 5.02 Å². The SMILES string of the molecule is CC[C@H](C)c1ccccc1NC(=S)NC(=O)/C=C/c1ccc(-c2ccc(C)c(Cl)c2)o1. The van der Waals surface area contributed by atoms with E-state index >= 15 is 0 Å². The summed E-state index contributed by atoms with van der Waals surface area (Å²) < 4.78 is 5.80. The summed E-state index contributed by atoms with van der Waals surface area (Å²) in [7, 11) is 0. The van der Waals surface area contributed by atoms with Crippen molar-refractivity contribution in [3.05, 3.63) is 82.6 Å². The molecule has 0 radical (unpaired) electrons. The minimum Gasteiger partial charge on any atom is -0.457 e. The van der Waals surface area contributed by atoms with E-state index in [0.29, 0.717) is 22.5 Å². The molecular weight excluding hydrogens is 428 g/mol. The number of hydrogen-bond acceptors (Lipinski definition) is 3. The van der Waals surface area contributed by atoms with Gasteiger partial charge in [0.1, 0.15) is 11.5 Å². The summed E-state index contributed by atoms with van der Waals surface area (Å²) in [6, 6.07) is 17.3. The zero-order chi connectivity index (χ0) is 22.4. The van der Waals surface area contributed by atoms with Gasteiger partial charge in [-0.25, -0.2) is 0 Å². The number of benzene rings is 2. The number of thiocarbonyl (C=S) groups is 1. The monoisotopic (exact) mass is 452 g/mol. The Hall–Kier alpha value is -2.89. The molecule has 0 saturated heterocycles. The molecule has 0 bridgehead atoms. The number of rotatable bonds is 6. The highest BCUT2D eigenvalue weighted by Crippen LogP contribution is 2.28. The molecule has 0 aliphatic heterocycles. The number of aryl methyl sites for hydroxylation is 1. The maximum atomic E-state index is 12.3. The second kappa shape index (κ2) is 10.4. The van der Waals surface area contributed by atoms with Gasteiger partial charge in [0.2, 0.25) is 5.91 Å². The lowest BCUT2D eigenvalue weighted by Crippen LogP contribution is -2.33. The topological polar surface area (TPSA) is 54.3 Å². The lowest BCUT2D eigenvalue weighted by Gasteiger charge is -2.16. The summed E-state index contributed by atoms with van der Waals surface area (Å²) in [6.07, 6.45) is 4.00. The van der Waals surface area contributed by atoms with Crippen molar-refractivity contribution in [2.45, 2.75) is 33.1 Å². The van der Waals surface area contributed by atoms with Crippen LogP contribution in [-0.4, -0.2) is 11.0 Å². The number of amides is 1. The molecule has 0 aliphatic rings.